The first-order valence-electron chi connectivity index (χ1n) is 23.9. The molecule has 332 valence electrons. The molecule has 1 fully saturated rings. The Kier molecular flexibility index (Phi) is 36.1. The second-order valence-electron chi connectivity index (χ2n) is 16.9. The summed E-state index contributed by atoms with van der Waals surface area (Å²) in [6.45, 7) is 3.84. The first kappa shape index (κ1) is 52.9. The van der Waals surface area contributed by atoms with Crippen LogP contribution in [0, 0.1) is 0 Å². The number of unbranched alkanes of at least 4 members (excludes halogenated alkanes) is 28. The number of carbonyl (C=O) groups is 1. The number of aliphatic hydroxyl groups excluding tert-OH is 5. The minimum absolute atomic E-state index is 0.136. The van der Waals surface area contributed by atoms with E-state index in [0.29, 0.717) is 12.8 Å². The first-order valence-corrected chi connectivity index (χ1v) is 23.9. The molecule has 0 aromatic carbocycles. The van der Waals surface area contributed by atoms with Crippen molar-refractivity contribution in [3.8, 4) is 0 Å². The van der Waals surface area contributed by atoms with Gasteiger partial charge < -0.3 is 40.3 Å². The van der Waals surface area contributed by atoms with E-state index in [4.69, 9.17) is 9.47 Å². The fraction of sp³-hybridized carbons (Fsp3) is 0.936. The fourth-order valence-electron chi connectivity index (χ4n) is 7.74. The Balaban J connectivity index is 2.31. The van der Waals surface area contributed by atoms with E-state index >= 15 is 0 Å². The molecule has 0 aliphatic carbocycles. The maximum absolute atomic E-state index is 13.0. The zero-order chi connectivity index (χ0) is 40.9. The first-order chi connectivity index (χ1) is 27.3. The highest BCUT2D eigenvalue weighted by atomic mass is 16.7. The van der Waals surface area contributed by atoms with E-state index in [1.807, 2.05) is 0 Å². The van der Waals surface area contributed by atoms with Crippen molar-refractivity contribution in [3.05, 3.63) is 12.2 Å². The molecule has 2 unspecified atom stereocenters. The summed E-state index contributed by atoms with van der Waals surface area (Å²) in [6, 6.07) is -0.717. The summed E-state index contributed by atoms with van der Waals surface area (Å²) in [6.07, 6.45) is 36.4. The predicted octanol–water partition coefficient (Wildman–Crippen LogP) is 10.1. The standard InChI is InChI=1S/C47H91NO8/c1-3-5-7-9-11-13-15-17-19-21-23-25-27-29-31-33-35-37-43(51)48-40(39-55-47-46(54)45(53)44(52)42(38-49)56-47)41(50)36-34-32-30-28-26-24-22-20-18-16-14-12-10-8-6-4-2/h17,19,40-42,44-47,49-50,52-54H,3-16,18,20-39H2,1-2H3,(H,48,51)/b19-17+/t40-,41+,42-,44-,45?,46?,47-/m0/s1. The molecule has 0 saturated carbocycles. The molecule has 0 aromatic heterocycles. The lowest BCUT2D eigenvalue weighted by Crippen LogP contribution is -2.60. The van der Waals surface area contributed by atoms with Gasteiger partial charge in [-0.25, -0.2) is 0 Å². The SMILES string of the molecule is CCCCCCCC/C=C/CCCCCCCCCC(=O)N[C@@H](CO[C@H]1O[C@@H](CO)[C@H](O)C(O)C1O)[C@H](O)CCCCCCCCCCCCCCCCCC. The summed E-state index contributed by atoms with van der Waals surface area (Å²) in [5.74, 6) is -0.147. The van der Waals surface area contributed by atoms with Crippen LogP contribution >= 0.6 is 0 Å². The highest BCUT2D eigenvalue weighted by Crippen LogP contribution is 2.23. The zero-order valence-corrected chi connectivity index (χ0v) is 36.4. The van der Waals surface area contributed by atoms with Crippen LogP contribution in [0.3, 0.4) is 0 Å². The molecular weight excluding hydrogens is 707 g/mol. The van der Waals surface area contributed by atoms with Crippen molar-refractivity contribution >= 4 is 5.91 Å². The molecule has 1 amide bonds. The van der Waals surface area contributed by atoms with Crippen LogP contribution in [0.2, 0.25) is 0 Å². The summed E-state index contributed by atoms with van der Waals surface area (Å²) in [4.78, 5) is 13.0. The number of amides is 1. The Morgan fingerprint density at radius 2 is 1.00 bits per heavy atom. The smallest absolute Gasteiger partial charge is 0.220 e. The lowest BCUT2D eigenvalue weighted by atomic mass is 9.99. The van der Waals surface area contributed by atoms with Gasteiger partial charge in [-0.1, -0.05) is 193 Å². The van der Waals surface area contributed by atoms with Crippen molar-refractivity contribution < 1.29 is 39.8 Å². The van der Waals surface area contributed by atoms with Gasteiger partial charge in [0, 0.05) is 6.42 Å². The molecule has 6 N–H and O–H groups in total. The second kappa shape index (κ2) is 38.2. The molecule has 1 aliphatic rings. The number of ether oxygens (including phenoxy) is 2. The van der Waals surface area contributed by atoms with Gasteiger partial charge in [0.15, 0.2) is 6.29 Å². The van der Waals surface area contributed by atoms with E-state index in [2.05, 4.69) is 31.3 Å². The maximum atomic E-state index is 13.0. The van der Waals surface area contributed by atoms with Crippen LogP contribution in [-0.4, -0.2) is 87.5 Å². The number of nitrogens with one attached hydrogen (secondary N) is 1. The lowest BCUT2D eigenvalue weighted by Gasteiger charge is -2.40. The topological polar surface area (TPSA) is 149 Å². The Morgan fingerprint density at radius 3 is 1.45 bits per heavy atom. The molecule has 0 radical (unpaired) electrons. The number of hydrogen-bond donors (Lipinski definition) is 6. The fourth-order valence-corrected chi connectivity index (χ4v) is 7.74. The molecule has 7 atom stereocenters. The Morgan fingerprint density at radius 1 is 0.589 bits per heavy atom. The van der Waals surface area contributed by atoms with Gasteiger partial charge in [0.05, 0.1) is 25.4 Å². The minimum atomic E-state index is -1.55. The highest BCUT2D eigenvalue weighted by Gasteiger charge is 2.44. The van der Waals surface area contributed by atoms with Gasteiger partial charge in [-0.15, -0.1) is 0 Å². The molecule has 0 spiro atoms. The summed E-state index contributed by atoms with van der Waals surface area (Å²) in [7, 11) is 0. The molecule has 0 aromatic rings. The van der Waals surface area contributed by atoms with Gasteiger partial charge in [0.1, 0.15) is 24.4 Å². The van der Waals surface area contributed by atoms with Gasteiger partial charge in [-0.2, -0.15) is 0 Å². The van der Waals surface area contributed by atoms with Gasteiger partial charge >= 0.3 is 0 Å². The number of carbonyl (C=O) groups excluding carboxylic acids is 1. The quantitative estimate of drug-likeness (QED) is 0.0265. The third-order valence-electron chi connectivity index (χ3n) is 11.6. The molecule has 1 heterocycles. The average Bonchev–Trinajstić information content (AvgIpc) is 3.20. The van der Waals surface area contributed by atoms with E-state index in [9.17, 15) is 30.3 Å². The number of allylic oxidation sites excluding steroid dienone is 2. The van der Waals surface area contributed by atoms with E-state index in [0.717, 1.165) is 38.5 Å². The maximum Gasteiger partial charge on any atom is 0.220 e. The summed E-state index contributed by atoms with van der Waals surface area (Å²) in [5, 5.41) is 54.4. The average molecular weight is 798 g/mol. The van der Waals surface area contributed by atoms with E-state index in [1.165, 1.54) is 161 Å². The normalized spacial score (nSPS) is 21.2. The monoisotopic (exact) mass is 798 g/mol. The lowest BCUT2D eigenvalue weighted by molar-refractivity contribution is -0.302. The van der Waals surface area contributed by atoms with E-state index < -0.39 is 49.5 Å². The van der Waals surface area contributed by atoms with Crippen LogP contribution < -0.4 is 5.32 Å². The van der Waals surface area contributed by atoms with Crippen LogP contribution in [0.5, 0.6) is 0 Å². The van der Waals surface area contributed by atoms with Crippen molar-refractivity contribution in [2.45, 2.75) is 269 Å². The van der Waals surface area contributed by atoms with Crippen LogP contribution in [-0.2, 0) is 14.3 Å². The number of aliphatic hydroxyl groups is 5. The van der Waals surface area contributed by atoms with Gasteiger partial charge in [0.25, 0.3) is 0 Å². The third kappa shape index (κ3) is 28.4. The Bertz CT molecular complexity index is 888. The molecule has 56 heavy (non-hydrogen) atoms. The molecular formula is C47H91NO8. The second-order valence-corrected chi connectivity index (χ2v) is 16.9. The number of hydrogen-bond acceptors (Lipinski definition) is 8. The van der Waals surface area contributed by atoms with Crippen molar-refractivity contribution in [2.24, 2.45) is 0 Å². The molecule has 9 nitrogen and oxygen atoms in total. The zero-order valence-electron chi connectivity index (χ0n) is 36.4. The molecule has 0 bridgehead atoms. The molecule has 1 aliphatic heterocycles. The van der Waals surface area contributed by atoms with Gasteiger partial charge in [-0.3, -0.25) is 4.79 Å². The van der Waals surface area contributed by atoms with E-state index in [-0.39, 0.29) is 12.5 Å². The van der Waals surface area contributed by atoms with Crippen LogP contribution in [0.15, 0.2) is 12.2 Å². The van der Waals surface area contributed by atoms with Crippen molar-refractivity contribution in [1.82, 2.24) is 5.32 Å². The van der Waals surface area contributed by atoms with Crippen molar-refractivity contribution in [1.29, 1.82) is 0 Å². The van der Waals surface area contributed by atoms with Crippen molar-refractivity contribution in [2.75, 3.05) is 13.2 Å². The summed E-state index contributed by atoms with van der Waals surface area (Å²) >= 11 is 0. The summed E-state index contributed by atoms with van der Waals surface area (Å²) in [5.41, 5.74) is 0. The van der Waals surface area contributed by atoms with Crippen LogP contribution in [0.1, 0.15) is 226 Å². The van der Waals surface area contributed by atoms with E-state index in [1.54, 1.807) is 0 Å². The molecule has 1 saturated heterocycles. The van der Waals surface area contributed by atoms with Gasteiger partial charge in [0.2, 0.25) is 5.91 Å². The van der Waals surface area contributed by atoms with Crippen LogP contribution in [0.4, 0.5) is 0 Å². The van der Waals surface area contributed by atoms with Crippen LogP contribution in [0.25, 0.3) is 0 Å². The largest absolute Gasteiger partial charge is 0.394 e. The third-order valence-corrected chi connectivity index (χ3v) is 11.6. The summed E-state index contributed by atoms with van der Waals surface area (Å²) < 4.78 is 11.3. The minimum Gasteiger partial charge on any atom is -0.394 e. The Labute approximate surface area is 344 Å². The van der Waals surface area contributed by atoms with Gasteiger partial charge in [-0.05, 0) is 38.5 Å². The predicted molar refractivity (Wildman–Crippen MR) is 231 cm³/mol. The highest BCUT2D eigenvalue weighted by molar-refractivity contribution is 5.76. The molecule has 9 heteroatoms. The van der Waals surface area contributed by atoms with Crippen molar-refractivity contribution in [3.63, 3.8) is 0 Å². The Hall–Kier alpha value is -1.07. The number of rotatable bonds is 40. The molecule has 1 rings (SSSR count).